The molecule has 0 saturated carbocycles. The second-order valence-corrected chi connectivity index (χ2v) is 4.42. The third-order valence-corrected chi connectivity index (χ3v) is 2.99. The highest BCUT2D eigenvalue weighted by molar-refractivity contribution is 7.13. The fraction of sp³-hybridized carbons (Fsp3) is 0.182. The van der Waals surface area contributed by atoms with Gasteiger partial charge in [0.2, 0.25) is 0 Å². The number of nitrogen functional groups attached to an aromatic ring is 1. The van der Waals surface area contributed by atoms with Crippen LogP contribution in [0.25, 0.3) is 0 Å². The van der Waals surface area contributed by atoms with Crippen molar-refractivity contribution in [3.8, 4) is 0 Å². The second kappa shape index (κ2) is 5.56. The zero-order chi connectivity index (χ0) is 13.0. The normalized spacial score (nSPS) is 10.1. The van der Waals surface area contributed by atoms with Crippen LogP contribution >= 0.6 is 11.3 Å². The number of pyridine rings is 1. The summed E-state index contributed by atoms with van der Waals surface area (Å²) in [4.78, 5) is 20.2. The number of carbonyl (C=O) groups excluding carboxylic acids is 1. The first-order valence-corrected chi connectivity index (χ1v) is 6.29. The van der Waals surface area contributed by atoms with Crippen LogP contribution in [0.15, 0.2) is 23.7 Å². The highest BCUT2D eigenvalue weighted by Gasteiger charge is 2.10. The fourth-order valence-corrected chi connectivity index (χ4v) is 1.95. The summed E-state index contributed by atoms with van der Waals surface area (Å²) in [5.74, 6) is 5.57. The zero-order valence-electron chi connectivity index (χ0n) is 9.80. The van der Waals surface area contributed by atoms with Crippen LogP contribution in [0.4, 0.5) is 10.9 Å². The van der Waals surface area contributed by atoms with Gasteiger partial charge in [0, 0.05) is 22.8 Å². The van der Waals surface area contributed by atoms with E-state index in [9.17, 15) is 4.79 Å². The Kier molecular flexibility index (Phi) is 3.85. The minimum Gasteiger partial charge on any atom is -0.308 e. The van der Waals surface area contributed by atoms with Crippen molar-refractivity contribution in [2.75, 3.05) is 10.7 Å². The van der Waals surface area contributed by atoms with E-state index in [4.69, 9.17) is 5.84 Å². The molecule has 0 bridgehead atoms. The molecule has 2 aromatic heterocycles. The van der Waals surface area contributed by atoms with Gasteiger partial charge in [0.25, 0.3) is 5.91 Å². The minimum atomic E-state index is -0.224. The van der Waals surface area contributed by atoms with E-state index < -0.39 is 0 Å². The molecule has 0 spiro atoms. The van der Waals surface area contributed by atoms with Crippen LogP contribution in [0, 0.1) is 0 Å². The lowest BCUT2D eigenvalue weighted by atomic mass is 10.2. The Balaban J connectivity index is 2.23. The topological polar surface area (TPSA) is 92.9 Å². The molecule has 2 heterocycles. The predicted octanol–water partition coefficient (Wildman–Crippen LogP) is 1.64. The van der Waals surface area contributed by atoms with Crippen LogP contribution < -0.4 is 16.6 Å². The van der Waals surface area contributed by atoms with Crippen molar-refractivity contribution in [1.29, 1.82) is 0 Å². The van der Waals surface area contributed by atoms with Crippen molar-refractivity contribution < 1.29 is 4.79 Å². The SMILES string of the molecule is CCc1cc(C(=O)Nc2nccs2)cc(NN)n1. The first-order chi connectivity index (χ1) is 8.72. The largest absolute Gasteiger partial charge is 0.308 e. The Morgan fingerprint density at radius 2 is 2.33 bits per heavy atom. The van der Waals surface area contributed by atoms with Gasteiger partial charge in [-0.3, -0.25) is 10.1 Å². The molecule has 0 saturated heterocycles. The summed E-state index contributed by atoms with van der Waals surface area (Å²) in [7, 11) is 0. The second-order valence-electron chi connectivity index (χ2n) is 3.52. The summed E-state index contributed by atoms with van der Waals surface area (Å²) < 4.78 is 0. The molecule has 2 rings (SSSR count). The van der Waals surface area contributed by atoms with Gasteiger partial charge < -0.3 is 5.43 Å². The highest BCUT2D eigenvalue weighted by Crippen LogP contribution is 2.15. The number of carbonyl (C=O) groups is 1. The molecular formula is C11H13N5OS. The lowest BCUT2D eigenvalue weighted by molar-refractivity contribution is 0.102. The molecule has 6 nitrogen and oxygen atoms in total. The number of nitrogens with one attached hydrogen (secondary N) is 2. The van der Waals surface area contributed by atoms with Gasteiger partial charge in [-0.1, -0.05) is 6.92 Å². The van der Waals surface area contributed by atoms with Gasteiger partial charge in [0.1, 0.15) is 5.82 Å². The molecular weight excluding hydrogens is 250 g/mol. The van der Waals surface area contributed by atoms with Gasteiger partial charge in [-0.05, 0) is 18.6 Å². The van der Waals surface area contributed by atoms with Gasteiger partial charge in [0.05, 0.1) is 0 Å². The Labute approximate surface area is 108 Å². The van der Waals surface area contributed by atoms with Crippen LogP contribution in [0.1, 0.15) is 23.0 Å². The van der Waals surface area contributed by atoms with Crippen molar-refractivity contribution >= 4 is 28.2 Å². The van der Waals surface area contributed by atoms with Gasteiger partial charge in [-0.2, -0.15) is 0 Å². The van der Waals surface area contributed by atoms with E-state index in [1.54, 1.807) is 23.7 Å². The number of thiazole rings is 1. The summed E-state index contributed by atoms with van der Waals surface area (Å²) in [5.41, 5.74) is 3.76. The predicted molar refractivity (Wildman–Crippen MR) is 71.5 cm³/mol. The number of hydrogen-bond donors (Lipinski definition) is 3. The van der Waals surface area contributed by atoms with Gasteiger partial charge in [0.15, 0.2) is 5.13 Å². The van der Waals surface area contributed by atoms with Crippen molar-refractivity contribution in [2.45, 2.75) is 13.3 Å². The smallest absolute Gasteiger partial charge is 0.257 e. The number of aryl methyl sites for hydroxylation is 1. The Morgan fingerprint density at radius 1 is 1.50 bits per heavy atom. The standard InChI is InChI=1S/C11H13N5OS/c1-2-8-5-7(6-9(14-8)16-12)10(17)15-11-13-3-4-18-11/h3-6H,2,12H2,1H3,(H,14,16)(H,13,15,17). The van der Waals surface area contributed by atoms with E-state index in [2.05, 4.69) is 20.7 Å². The number of nitrogens with zero attached hydrogens (tertiary/aromatic N) is 2. The number of nitrogens with two attached hydrogens (primary N) is 1. The summed E-state index contributed by atoms with van der Waals surface area (Å²) in [6.45, 7) is 1.96. The van der Waals surface area contributed by atoms with Crippen LogP contribution in [-0.2, 0) is 6.42 Å². The Morgan fingerprint density at radius 3 is 2.94 bits per heavy atom. The van der Waals surface area contributed by atoms with Gasteiger partial charge in [-0.25, -0.2) is 15.8 Å². The summed E-state index contributed by atoms with van der Waals surface area (Å²) in [6.07, 6.45) is 2.37. The maximum Gasteiger partial charge on any atom is 0.257 e. The lowest BCUT2D eigenvalue weighted by Gasteiger charge is -2.07. The van der Waals surface area contributed by atoms with Crippen molar-refractivity contribution in [3.05, 3.63) is 35.0 Å². The number of anilines is 2. The van der Waals surface area contributed by atoms with E-state index in [0.717, 1.165) is 12.1 Å². The van der Waals surface area contributed by atoms with Crippen LogP contribution in [0.3, 0.4) is 0 Å². The van der Waals surface area contributed by atoms with Gasteiger partial charge in [-0.15, -0.1) is 11.3 Å². The monoisotopic (exact) mass is 263 g/mol. The third-order valence-electron chi connectivity index (χ3n) is 2.30. The number of hydrazine groups is 1. The molecule has 4 N–H and O–H groups in total. The van der Waals surface area contributed by atoms with Crippen LogP contribution in [0.2, 0.25) is 0 Å². The van der Waals surface area contributed by atoms with Crippen LogP contribution in [0.5, 0.6) is 0 Å². The summed E-state index contributed by atoms with van der Waals surface area (Å²) in [6, 6.07) is 3.34. The fourth-order valence-electron chi connectivity index (χ4n) is 1.43. The Bertz CT molecular complexity index is 518. The van der Waals surface area contributed by atoms with Crippen LogP contribution in [-0.4, -0.2) is 15.9 Å². The number of rotatable bonds is 4. The molecule has 0 aliphatic carbocycles. The van der Waals surface area contributed by atoms with E-state index >= 15 is 0 Å². The lowest BCUT2D eigenvalue weighted by Crippen LogP contribution is -2.15. The molecule has 2 aromatic rings. The molecule has 0 radical (unpaired) electrons. The summed E-state index contributed by atoms with van der Waals surface area (Å²) in [5, 5.41) is 5.08. The maximum absolute atomic E-state index is 12.0. The molecule has 0 atom stereocenters. The molecule has 0 unspecified atom stereocenters. The quantitative estimate of drug-likeness (QED) is 0.576. The molecule has 0 aliphatic rings. The van der Waals surface area contributed by atoms with Crippen molar-refractivity contribution in [1.82, 2.24) is 9.97 Å². The third kappa shape index (κ3) is 2.82. The van der Waals surface area contributed by atoms with E-state index in [1.165, 1.54) is 11.3 Å². The first kappa shape index (κ1) is 12.5. The van der Waals surface area contributed by atoms with E-state index in [1.807, 2.05) is 6.92 Å². The van der Waals surface area contributed by atoms with Crippen molar-refractivity contribution in [2.24, 2.45) is 5.84 Å². The minimum absolute atomic E-state index is 0.224. The summed E-state index contributed by atoms with van der Waals surface area (Å²) >= 11 is 1.37. The maximum atomic E-state index is 12.0. The van der Waals surface area contributed by atoms with Gasteiger partial charge >= 0.3 is 0 Å². The van der Waals surface area contributed by atoms with E-state index in [-0.39, 0.29) is 5.91 Å². The number of aromatic nitrogens is 2. The number of amides is 1. The first-order valence-electron chi connectivity index (χ1n) is 5.41. The highest BCUT2D eigenvalue weighted by atomic mass is 32.1. The molecule has 0 aliphatic heterocycles. The molecule has 1 amide bonds. The average Bonchev–Trinajstić information content (AvgIpc) is 2.90. The average molecular weight is 263 g/mol. The van der Waals surface area contributed by atoms with Crippen molar-refractivity contribution in [3.63, 3.8) is 0 Å². The molecule has 18 heavy (non-hydrogen) atoms. The Hall–Kier alpha value is -1.99. The molecule has 7 heteroatoms. The molecule has 0 fully saturated rings. The zero-order valence-corrected chi connectivity index (χ0v) is 10.6. The number of hydrogen-bond acceptors (Lipinski definition) is 6. The van der Waals surface area contributed by atoms with E-state index in [0.29, 0.717) is 16.5 Å². The molecule has 0 aromatic carbocycles. The molecule has 94 valence electrons.